The number of ether oxygens (including phenoxy) is 1. The number of hydrogen-bond donors (Lipinski definition) is 1. The molecule has 15 heavy (non-hydrogen) atoms. The molecule has 0 aliphatic heterocycles. The number of nitrogens with zero attached hydrogens (tertiary/aromatic N) is 1. The first kappa shape index (κ1) is 11.2. The summed E-state index contributed by atoms with van der Waals surface area (Å²) >= 11 is 0. The zero-order valence-corrected chi connectivity index (χ0v) is 8.51. The van der Waals surface area contributed by atoms with E-state index < -0.39 is 5.97 Å². The van der Waals surface area contributed by atoms with Crippen LogP contribution in [0.25, 0.3) is 0 Å². The van der Waals surface area contributed by atoms with Crippen molar-refractivity contribution in [2.75, 3.05) is 0 Å². The SMILES string of the molecule is CCCC(=NO)OC(=O)c1ccccc1. The minimum Gasteiger partial charge on any atom is -0.408 e. The lowest BCUT2D eigenvalue weighted by Gasteiger charge is -2.04. The largest absolute Gasteiger partial charge is 0.408 e. The van der Waals surface area contributed by atoms with Crippen LogP contribution in [-0.4, -0.2) is 17.1 Å². The molecule has 1 N–H and O–H groups in total. The highest BCUT2D eigenvalue weighted by atomic mass is 16.6. The molecule has 4 nitrogen and oxygen atoms in total. The molecule has 0 aromatic heterocycles. The first-order valence-electron chi connectivity index (χ1n) is 4.76. The zero-order valence-electron chi connectivity index (χ0n) is 8.51. The second-order valence-corrected chi connectivity index (χ2v) is 3.00. The third-order valence-corrected chi connectivity index (χ3v) is 1.80. The Morgan fingerprint density at radius 3 is 2.60 bits per heavy atom. The van der Waals surface area contributed by atoms with Crippen molar-refractivity contribution in [2.45, 2.75) is 19.8 Å². The van der Waals surface area contributed by atoms with Crippen LogP contribution >= 0.6 is 0 Å². The topological polar surface area (TPSA) is 58.9 Å². The van der Waals surface area contributed by atoms with Crippen molar-refractivity contribution in [1.82, 2.24) is 0 Å². The van der Waals surface area contributed by atoms with Crippen LogP contribution in [0.3, 0.4) is 0 Å². The summed E-state index contributed by atoms with van der Waals surface area (Å²) in [6.07, 6.45) is 1.19. The van der Waals surface area contributed by atoms with Gasteiger partial charge in [-0.25, -0.2) is 4.79 Å². The lowest BCUT2D eigenvalue weighted by Crippen LogP contribution is -2.12. The highest BCUT2D eigenvalue weighted by Gasteiger charge is 2.10. The third kappa shape index (κ3) is 3.42. The van der Waals surface area contributed by atoms with E-state index in [4.69, 9.17) is 9.94 Å². The molecule has 0 saturated heterocycles. The smallest absolute Gasteiger partial charge is 0.344 e. The van der Waals surface area contributed by atoms with Crippen LogP contribution in [0.15, 0.2) is 35.5 Å². The Morgan fingerprint density at radius 1 is 1.40 bits per heavy atom. The Labute approximate surface area is 88.2 Å². The van der Waals surface area contributed by atoms with Crippen molar-refractivity contribution >= 4 is 11.9 Å². The number of hydrogen-bond acceptors (Lipinski definition) is 4. The van der Waals surface area contributed by atoms with E-state index in [1.165, 1.54) is 0 Å². The summed E-state index contributed by atoms with van der Waals surface area (Å²) in [6, 6.07) is 8.58. The quantitative estimate of drug-likeness (QED) is 0.272. The summed E-state index contributed by atoms with van der Waals surface area (Å²) in [5, 5.41) is 11.5. The summed E-state index contributed by atoms with van der Waals surface area (Å²) in [5.74, 6) is -0.455. The minimum atomic E-state index is -0.503. The van der Waals surface area contributed by atoms with Gasteiger partial charge in [0.15, 0.2) is 0 Å². The summed E-state index contributed by atoms with van der Waals surface area (Å²) in [6.45, 7) is 1.90. The van der Waals surface area contributed by atoms with Crippen LogP contribution in [0, 0.1) is 0 Å². The van der Waals surface area contributed by atoms with E-state index in [0.29, 0.717) is 12.0 Å². The van der Waals surface area contributed by atoms with Gasteiger partial charge in [-0.3, -0.25) is 0 Å². The second-order valence-electron chi connectivity index (χ2n) is 3.00. The van der Waals surface area contributed by atoms with Crippen LogP contribution in [0.2, 0.25) is 0 Å². The summed E-state index contributed by atoms with van der Waals surface area (Å²) in [7, 11) is 0. The highest BCUT2D eigenvalue weighted by Crippen LogP contribution is 2.03. The molecule has 1 aromatic carbocycles. The van der Waals surface area contributed by atoms with E-state index in [2.05, 4.69) is 5.16 Å². The van der Waals surface area contributed by atoms with E-state index in [-0.39, 0.29) is 5.90 Å². The molecule has 0 fully saturated rings. The lowest BCUT2D eigenvalue weighted by molar-refractivity contribution is 0.0701. The average molecular weight is 207 g/mol. The molecule has 0 heterocycles. The van der Waals surface area contributed by atoms with Gasteiger partial charge in [0.2, 0.25) is 5.90 Å². The van der Waals surface area contributed by atoms with Gasteiger partial charge >= 0.3 is 5.97 Å². The average Bonchev–Trinajstić information content (AvgIpc) is 2.29. The number of benzene rings is 1. The fraction of sp³-hybridized carbons (Fsp3) is 0.273. The van der Waals surface area contributed by atoms with Gasteiger partial charge in [0.1, 0.15) is 0 Å². The van der Waals surface area contributed by atoms with Gasteiger partial charge in [0.25, 0.3) is 0 Å². The van der Waals surface area contributed by atoms with Gasteiger partial charge < -0.3 is 9.94 Å². The molecule has 0 aliphatic rings. The van der Waals surface area contributed by atoms with E-state index in [0.717, 1.165) is 6.42 Å². The van der Waals surface area contributed by atoms with E-state index in [1.807, 2.05) is 13.0 Å². The van der Waals surface area contributed by atoms with Crippen LogP contribution in [0.5, 0.6) is 0 Å². The standard InChI is InChI=1S/C11H13NO3/c1-2-6-10(12-14)15-11(13)9-7-4-3-5-8-9/h3-5,7-8,14H,2,6H2,1H3. The van der Waals surface area contributed by atoms with Crippen molar-refractivity contribution in [3.8, 4) is 0 Å². The molecule has 0 aliphatic carbocycles. The molecule has 80 valence electrons. The van der Waals surface area contributed by atoms with Crippen LogP contribution in [0.4, 0.5) is 0 Å². The molecular formula is C11H13NO3. The predicted octanol–water partition coefficient (Wildman–Crippen LogP) is 2.43. The monoisotopic (exact) mass is 207 g/mol. The van der Waals surface area contributed by atoms with Crippen molar-refractivity contribution < 1.29 is 14.7 Å². The van der Waals surface area contributed by atoms with E-state index >= 15 is 0 Å². The maximum absolute atomic E-state index is 11.5. The Balaban J connectivity index is 2.63. The van der Waals surface area contributed by atoms with Crippen LogP contribution in [0.1, 0.15) is 30.1 Å². The molecule has 4 heteroatoms. The molecule has 1 aromatic rings. The molecule has 1 rings (SSSR count). The van der Waals surface area contributed by atoms with Gasteiger partial charge in [-0.05, 0) is 18.6 Å². The molecule has 0 atom stereocenters. The summed E-state index contributed by atoms with van der Waals surface area (Å²) in [4.78, 5) is 11.5. The van der Waals surface area contributed by atoms with Gasteiger partial charge in [-0.2, -0.15) is 0 Å². The fourth-order valence-electron chi connectivity index (χ4n) is 1.08. The Kier molecular flexibility index (Phi) is 4.34. The Hall–Kier alpha value is -1.84. The van der Waals surface area contributed by atoms with Gasteiger partial charge in [0, 0.05) is 6.42 Å². The van der Waals surface area contributed by atoms with Gasteiger partial charge in [-0.1, -0.05) is 30.3 Å². The first-order valence-corrected chi connectivity index (χ1v) is 4.76. The van der Waals surface area contributed by atoms with Gasteiger partial charge in [-0.15, -0.1) is 0 Å². The molecule has 0 saturated carbocycles. The summed E-state index contributed by atoms with van der Waals surface area (Å²) < 4.78 is 4.89. The Morgan fingerprint density at radius 2 is 2.07 bits per heavy atom. The number of esters is 1. The van der Waals surface area contributed by atoms with Crippen molar-refractivity contribution in [2.24, 2.45) is 5.16 Å². The number of carbonyl (C=O) groups excluding carboxylic acids is 1. The maximum atomic E-state index is 11.5. The number of rotatable bonds is 3. The number of carbonyl (C=O) groups is 1. The van der Waals surface area contributed by atoms with Crippen LogP contribution < -0.4 is 0 Å². The Bertz CT molecular complexity index is 346. The predicted molar refractivity (Wildman–Crippen MR) is 56.0 cm³/mol. The first-order chi connectivity index (χ1) is 7.27. The fourth-order valence-corrected chi connectivity index (χ4v) is 1.08. The molecular weight excluding hydrogens is 194 g/mol. The highest BCUT2D eigenvalue weighted by molar-refractivity contribution is 5.98. The molecule has 0 radical (unpaired) electrons. The van der Waals surface area contributed by atoms with Crippen molar-refractivity contribution in [1.29, 1.82) is 0 Å². The van der Waals surface area contributed by atoms with E-state index in [9.17, 15) is 4.79 Å². The summed E-state index contributed by atoms with van der Waals surface area (Å²) in [5.41, 5.74) is 0.440. The van der Waals surface area contributed by atoms with Crippen molar-refractivity contribution in [3.63, 3.8) is 0 Å². The van der Waals surface area contributed by atoms with Crippen molar-refractivity contribution in [3.05, 3.63) is 35.9 Å². The second kappa shape index (κ2) is 5.80. The molecule has 0 amide bonds. The molecule has 0 spiro atoms. The third-order valence-electron chi connectivity index (χ3n) is 1.80. The van der Waals surface area contributed by atoms with E-state index in [1.54, 1.807) is 24.3 Å². The van der Waals surface area contributed by atoms with Gasteiger partial charge in [0.05, 0.1) is 5.56 Å². The minimum absolute atomic E-state index is 0.0475. The normalized spacial score (nSPS) is 11.1. The molecule has 0 unspecified atom stereocenters. The lowest BCUT2D eigenvalue weighted by atomic mass is 10.2. The maximum Gasteiger partial charge on any atom is 0.344 e. The number of oxime groups is 1. The van der Waals surface area contributed by atoms with Crippen LogP contribution in [-0.2, 0) is 4.74 Å². The molecule has 0 bridgehead atoms. The zero-order chi connectivity index (χ0) is 11.1.